The number of aryl methyl sites for hydroxylation is 1. The fourth-order valence-electron chi connectivity index (χ4n) is 3.55. The molecule has 1 aliphatic rings. The van der Waals surface area contributed by atoms with E-state index in [1.165, 1.54) is 12.1 Å². The van der Waals surface area contributed by atoms with E-state index in [1.807, 2.05) is 18.0 Å². The predicted octanol–water partition coefficient (Wildman–Crippen LogP) is 3.36. The van der Waals surface area contributed by atoms with Crippen molar-refractivity contribution >= 4 is 16.8 Å². The van der Waals surface area contributed by atoms with E-state index in [1.54, 1.807) is 24.7 Å². The molecular formula is C19H19FN4O. The van der Waals surface area contributed by atoms with Gasteiger partial charge in [-0.3, -0.25) is 9.78 Å². The van der Waals surface area contributed by atoms with Gasteiger partial charge in [0.1, 0.15) is 5.82 Å². The van der Waals surface area contributed by atoms with Gasteiger partial charge < -0.3 is 9.47 Å². The van der Waals surface area contributed by atoms with E-state index < -0.39 is 0 Å². The zero-order valence-electron chi connectivity index (χ0n) is 14.0. The number of amides is 1. The van der Waals surface area contributed by atoms with Crippen molar-refractivity contribution in [2.45, 2.75) is 25.8 Å². The number of nitrogens with zero attached hydrogens (tertiary/aromatic N) is 4. The Morgan fingerprint density at radius 3 is 3.00 bits per heavy atom. The zero-order chi connectivity index (χ0) is 17.4. The summed E-state index contributed by atoms with van der Waals surface area (Å²) in [5.41, 5.74) is 1.82. The van der Waals surface area contributed by atoms with Crippen LogP contribution in [-0.4, -0.2) is 38.4 Å². The highest BCUT2D eigenvalue weighted by Gasteiger charge is 2.26. The molecule has 1 fully saturated rings. The molecule has 5 nitrogen and oxygen atoms in total. The van der Waals surface area contributed by atoms with Gasteiger partial charge in [0.25, 0.3) is 5.91 Å². The number of pyridine rings is 1. The van der Waals surface area contributed by atoms with Crippen LogP contribution in [-0.2, 0) is 0 Å². The van der Waals surface area contributed by atoms with Crippen molar-refractivity contribution in [2.75, 3.05) is 13.1 Å². The molecule has 0 bridgehead atoms. The molecule has 1 atom stereocenters. The number of rotatable bonds is 2. The number of carbonyl (C=O) groups excluding carboxylic acids is 1. The lowest BCUT2D eigenvalue weighted by Gasteiger charge is -2.33. The maximum atomic E-state index is 13.5. The third-order valence-electron chi connectivity index (χ3n) is 4.76. The van der Waals surface area contributed by atoms with Crippen molar-refractivity contribution in [1.29, 1.82) is 0 Å². The summed E-state index contributed by atoms with van der Waals surface area (Å²) in [6.45, 7) is 3.21. The lowest BCUT2D eigenvalue weighted by molar-refractivity contribution is 0.0681. The molecule has 0 saturated carbocycles. The van der Waals surface area contributed by atoms with E-state index in [0.717, 1.165) is 19.4 Å². The molecular weight excluding hydrogens is 319 g/mol. The van der Waals surface area contributed by atoms with Gasteiger partial charge in [-0.15, -0.1) is 0 Å². The van der Waals surface area contributed by atoms with Crippen LogP contribution in [0, 0.1) is 12.7 Å². The van der Waals surface area contributed by atoms with E-state index in [4.69, 9.17) is 0 Å². The topological polar surface area (TPSA) is 51.0 Å². The molecule has 0 aliphatic carbocycles. The van der Waals surface area contributed by atoms with Crippen LogP contribution in [0.4, 0.5) is 4.39 Å². The van der Waals surface area contributed by atoms with E-state index in [-0.39, 0.29) is 17.8 Å². The third-order valence-corrected chi connectivity index (χ3v) is 4.76. The second-order valence-electron chi connectivity index (χ2n) is 6.53. The van der Waals surface area contributed by atoms with Crippen LogP contribution >= 0.6 is 0 Å². The summed E-state index contributed by atoms with van der Waals surface area (Å²) in [5.74, 6) is -0.367. The van der Waals surface area contributed by atoms with E-state index in [9.17, 15) is 9.18 Å². The van der Waals surface area contributed by atoms with Gasteiger partial charge >= 0.3 is 0 Å². The Labute approximate surface area is 145 Å². The van der Waals surface area contributed by atoms with E-state index in [0.29, 0.717) is 28.7 Å². The second kappa shape index (κ2) is 6.27. The fourth-order valence-corrected chi connectivity index (χ4v) is 3.55. The summed E-state index contributed by atoms with van der Waals surface area (Å²) < 4.78 is 15.6. The predicted molar refractivity (Wildman–Crippen MR) is 92.8 cm³/mol. The van der Waals surface area contributed by atoms with Crippen LogP contribution in [0.15, 0.2) is 43.0 Å². The first kappa shape index (κ1) is 15.7. The molecule has 1 aliphatic heterocycles. The van der Waals surface area contributed by atoms with Gasteiger partial charge in [0.05, 0.1) is 23.4 Å². The molecule has 2 aromatic heterocycles. The van der Waals surface area contributed by atoms with Crippen LogP contribution < -0.4 is 0 Å². The number of aromatic nitrogens is 3. The van der Waals surface area contributed by atoms with Gasteiger partial charge in [-0.25, -0.2) is 9.37 Å². The normalized spacial score (nSPS) is 17.8. The number of likely N-dealkylation sites (tertiary alicyclic amines) is 1. The highest BCUT2D eigenvalue weighted by molar-refractivity contribution is 6.06. The third kappa shape index (κ3) is 2.99. The summed E-state index contributed by atoms with van der Waals surface area (Å²) in [6.07, 6.45) is 7.47. The number of benzene rings is 1. The van der Waals surface area contributed by atoms with E-state index in [2.05, 4.69) is 14.5 Å². The van der Waals surface area contributed by atoms with Crippen molar-refractivity contribution in [1.82, 2.24) is 19.4 Å². The minimum Gasteiger partial charge on any atom is -0.337 e. The Morgan fingerprint density at radius 2 is 2.20 bits per heavy atom. The van der Waals surface area contributed by atoms with Crippen molar-refractivity contribution in [3.8, 4) is 0 Å². The number of halogens is 1. The number of fused-ring (bicyclic) bond motifs is 1. The molecule has 25 heavy (non-hydrogen) atoms. The summed E-state index contributed by atoms with van der Waals surface area (Å²) in [6, 6.07) is 6.43. The number of hydrogen-bond acceptors (Lipinski definition) is 3. The first-order valence-electron chi connectivity index (χ1n) is 8.45. The molecule has 1 aromatic carbocycles. The van der Waals surface area contributed by atoms with Gasteiger partial charge in [-0.2, -0.15) is 0 Å². The average Bonchev–Trinajstić information content (AvgIpc) is 3.15. The quantitative estimate of drug-likeness (QED) is 0.720. The molecule has 0 radical (unpaired) electrons. The lowest BCUT2D eigenvalue weighted by Crippen LogP contribution is -2.40. The van der Waals surface area contributed by atoms with Crippen LogP contribution in [0.25, 0.3) is 10.9 Å². The van der Waals surface area contributed by atoms with Crippen molar-refractivity contribution < 1.29 is 9.18 Å². The molecule has 3 heterocycles. The fraction of sp³-hybridized carbons (Fsp3) is 0.316. The minimum absolute atomic E-state index is 0.0214. The smallest absolute Gasteiger partial charge is 0.254 e. The summed E-state index contributed by atoms with van der Waals surface area (Å²) in [4.78, 5) is 23.5. The Balaban J connectivity index is 1.67. The van der Waals surface area contributed by atoms with Gasteiger partial charge in [0, 0.05) is 42.6 Å². The number of hydrogen-bond donors (Lipinski definition) is 0. The van der Waals surface area contributed by atoms with Crippen LogP contribution in [0.1, 0.15) is 34.9 Å². The van der Waals surface area contributed by atoms with Crippen LogP contribution in [0.3, 0.4) is 0 Å². The second-order valence-corrected chi connectivity index (χ2v) is 6.53. The molecule has 4 rings (SSSR count). The summed E-state index contributed by atoms with van der Waals surface area (Å²) in [5, 5.41) is 0.696. The largest absolute Gasteiger partial charge is 0.337 e. The van der Waals surface area contributed by atoms with Crippen LogP contribution in [0.2, 0.25) is 0 Å². The first-order chi connectivity index (χ1) is 12.1. The maximum absolute atomic E-state index is 13.5. The molecule has 1 amide bonds. The Hall–Kier alpha value is -2.76. The minimum atomic E-state index is -0.345. The van der Waals surface area contributed by atoms with Gasteiger partial charge in [0.15, 0.2) is 0 Å². The monoisotopic (exact) mass is 338 g/mol. The average molecular weight is 338 g/mol. The Bertz CT molecular complexity index is 917. The SMILES string of the molecule is Cc1cc(C(=O)N2CCC[C@H](n3ccnc3)C2)c2ccc(F)cc2n1. The van der Waals surface area contributed by atoms with Crippen molar-refractivity contribution in [2.24, 2.45) is 0 Å². The lowest BCUT2D eigenvalue weighted by atomic mass is 10.0. The first-order valence-corrected chi connectivity index (χ1v) is 8.45. The molecule has 3 aromatic rings. The molecule has 128 valence electrons. The van der Waals surface area contributed by atoms with Gasteiger partial charge in [0.2, 0.25) is 0 Å². The molecule has 0 unspecified atom stereocenters. The molecule has 1 saturated heterocycles. The zero-order valence-corrected chi connectivity index (χ0v) is 14.0. The van der Waals surface area contributed by atoms with E-state index >= 15 is 0 Å². The number of carbonyl (C=O) groups is 1. The highest BCUT2D eigenvalue weighted by atomic mass is 19.1. The molecule has 0 N–H and O–H groups in total. The summed E-state index contributed by atoms with van der Waals surface area (Å²) in [7, 11) is 0. The maximum Gasteiger partial charge on any atom is 0.254 e. The number of piperidine rings is 1. The molecule has 0 spiro atoms. The highest BCUT2D eigenvalue weighted by Crippen LogP contribution is 2.26. The van der Waals surface area contributed by atoms with Gasteiger partial charge in [-0.1, -0.05) is 0 Å². The Kier molecular flexibility index (Phi) is 3.95. The summed E-state index contributed by atoms with van der Waals surface area (Å²) >= 11 is 0. The number of imidazole rings is 1. The van der Waals surface area contributed by atoms with Gasteiger partial charge in [-0.05, 0) is 38.0 Å². The van der Waals surface area contributed by atoms with Crippen molar-refractivity contribution in [3.05, 3.63) is 60.1 Å². The van der Waals surface area contributed by atoms with Crippen LogP contribution in [0.5, 0.6) is 0 Å². The molecule has 6 heteroatoms. The Morgan fingerprint density at radius 1 is 1.32 bits per heavy atom. The van der Waals surface area contributed by atoms with Crippen molar-refractivity contribution in [3.63, 3.8) is 0 Å². The standard InChI is InChI=1S/C19H19FN4O/c1-13-9-17(16-5-4-14(20)10-18(16)22-13)19(25)23-7-2-3-15(11-23)24-8-6-21-12-24/h4-6,8-10,12,15H,2-3,7,11H2,1H3/t15-/m0/s1.